The molecule has 0 saturated carbocycles. The first kappa shape index (κ1) is 29.1. The second kappa shape index (κ2) is 12.1. The minimum absolute atomic E-state index is 0.0209. The molecule has 12 nitrogen and oxygen atoms in total. The summed E-state index contributed by atoms with van der Waals surface area (Å²) < 4.78 is 6.16. The van der Waals surface area contributed by atoms with Crippen LogP contribution in [0.25, 0.3) is 0 Å². The number of benzene rings is 1. The molecule has 1 aromatic carbocycles. The van der Waals surface area contributed by atoms with Crippen molar-refractivity contribution in [3.8, 4) is 0 Å². The molecule has 9 N–H and O–H groups in total. The van der Waals surface area contributed by atoms with E-state index < -0.39 is 24.5 Å². The van der Waals surface area contributed by atoms with Gasteiger partial charge >= 0.3 is 6.03 Å². The monoisotopic (exact) mass is 534 g/mol. The maximum Gasteiger partial charge on any atom is 0.319 e. The van der Waals surface area contributed by atoms with Crippen LogP contribution in [0, 0.1) is 0 Å². The number of anilines is 1. The van der Waals surface area contributed by atoms with Crippen molar-refractivity contribution in [1.29, 1.82) is 0 Å². The number of carbonyl (C=O) groups excluding carboxylic acids is 1. The van der Waals surface area contributed by atoms with E-state index >= 15 is 0 Å². The molecule has 4 unspecified atom stereocenters. The number of nitrogens with one attached hydrogen (secondary N) is 5. The summed E-state index contributed by atoms with van der Waals surface area (Å²) in [7, 11) is 1.94. The van der Waals surface area contributed by atoms with E-state index in [-0.39, 0.29) is 35.9 Å². The van der Waals surface area contributed by atoms with E-state index in [4.69, 9.17) is 10.5 Å². The van der Waals surface area contributed by atoms with Gasteiger partial charge in [0.1, 0.15) is 24.5 Å². The van der Waals surface area contributed by atoms with Crippen molar-refractivity contribution < 1.29 is 19.7 Å². The van der Waals surface area contributed by atoms with Gasteiger partial charge in [-0.05, 0) is 50.0 Å². The first-order valence-corrected chi connectivity index (χ1v) is 13.5. The smallest absolute Gasteiger partial charge is 0.319 e. The first-order valence-electron chi connectivity index (χ1n) is 13.5. The average Bonchev–Trinajstić information content (AvgIpc) is 3.40. The second-order valence-electron chi connectivity index (χ2n) is 11.9. The molecule has 38 heavy (non-hydrogen) atoms. The van der Waals surface area contributed by atoms with Crippen LogP contribution in [-0.2, 0) is 10.2 Å². The van der Waals surface area contributed by atoms with Crippen LogP contribution in [0.15, 0.2) is 24.3 Å². The van der Waals surface area contributed by atoms with Gasteiger partial charge in [-0.25, -0.2) is 9.69 Å². The molecule has 3 fully saturated rings. The van der Waals surface area contributed by atoms with Gasteiger partial charge in [-0.2, -0.15) is 0 Å². The third-order valence-electron chi connectivity index (χ3n) is 7.73. The van der Waals surface area contributed by atoms with E-state index in [9.17, 15) is 15.0 Å². The highest BCUT2D eigenvalue weighted by Crippen LogP contribution is 2.29. The fourth-order valence-electron chi connectivity index (χ4n) is 5.33. The number of fused-ring (bicyclic) bond motifs is 1. The van der Waals surface area contributed by atoms with Crippen molar-refractivity contribution in [3.05, 3.63) is 29.8 Å². The van der Waals surface area contributed by atoms with Crippen molar-refractivity contribution >= 4 is 11.7 Å². The molecule has 2 amide bonds. The van der Waals surface area contributed by atoms with Crippen LogP contribution < -0.4 is 32.3 Å². The van der Waals surface area contributed by atoms with E-state index in [0.29, 0.717) is 26.4 Å². The van der Waals surface area contributed by atoms with Gasteiger partial charge in [0.2, 0.25) is 0 Å². The lowest BCUT2D eigenvalue weighted by Crippen LogP contribution is -2.68. The van der Waals surface area contributed by atoms with E-state index in [1.807, 2.05) is 48.0 Å². The Labute approximate surface area is 225 Å². The van der Waals surface area contributed by atoms with Crippen molar-refractivity contribution in [3.63, 3.8) is 0 Å². The summed E-state index contributed by atoms with van der Waals surface area (Å²) in [5.74, 6) is 0. The topological polar surface area (TPSA) is 159 Å². The van der Waals surface area contributed by atoms with E-state index in [1.54, 1.807) is 0 Å². The molecule has 0 bridgehead atoms. The van der Waals surface area contributed by atoms with Crippen LogP contribution in [0.5, 0.6) is 0 Å². The number of nitrogens with two attached hydrogens (primary N) is 1. The third-order valence-corrected chi connectivity index (χ3v) is 7.73. The number of aliphatic hydroxyl groups is 2. The van der Waals surface area contributed by atoms with Crippen molar-refractivity contribution in [2.75, 3.05) is 38.8 Å². The van der Waals surface area contributed by atoms with Gasteiger partial charge < -0.3 is 36.2 Å². The number of likely N-dealkylation sites (N-methyl/N-ethyl adjacent to an activating group) is 1. The maximum absolute atomic E-state index is 12.4. The lowest BCUT2D eigenvalue weighted by atomic mass is 9.87. The maximum atomic E-state index is 12.4. The normalized spacial score (nSPS) is 32.8. The van der Waals surface area contributed by atoms with Gasteiger partial charge in [-0.1, -0.05) is 32.9 Å². The molecular formula is C26H46N8O4. The molecule has 214 valence electrons. The zero-order valence-electron chi connectivity index (χ0n) is 23.1. The predicted octanol–water partition coefficient (Wildman–Crippen LogP) is -0.745. The molecule has 12 heteroatoms. The standard InChI is InChI=1S/C26H46N8O4/c1-15(31-25(37)32-17-8-6-16(7-9-17)26(2,3)4)10-11-33(5)12-18-20(35)21(36)24(38-18)34-14-30-19-22(27)28-13-29-23(19)34/h6-9,15,18-24,28-30,35-36H,10-14,27H2,1-5H3,(H2,31,32,37)/t15?,18-,19?,20-,21-,22?,23?,24-/m1/s1. The van der Waals surface area contributed by atoms with Gasteiger partial charge in [0.05, 0.1) is 25.0 Å². The van der Waals surface area contributed by atoms with Crippen LogP contribution in [-0.4, -0.2) is 108 Å². The fourth-order valence-corrected chi connectivity index (χ4v) is 5.33. The van der Waals surface area contributed by atoms with Crippen LogP contribution in [0.2, 0.25) is 0 Å². The Balaban J connectivity index is 1.20. The summed E-state index contributed by atoms with van der Waals surface area (Å²) in [6, 6.07) is 7.58. The van der Waals surface area contributed by atoms with Crippen molar-refractivity contribution in [2.45, 2.75) is 88.5 Å². The van der Waals surface area contributed by atoms with Crippen LogP contribution in [0.1, 0.15) is 39.7 Å². The zero-order valence-corrected chi connectivity index (χ0v) is 23.1. The molecule has 3 saturated heterocycles. The SMILES string of the molecule is CC(CCN(C)C[C@H]1O[C@@H](N2CNC3C(N)NCNC32)[C@H](O)[C@@H]1O)NC(=O)Nc1ccc(C(C)(C)C)cc1. The quantitative estimate of drug-likeness (QED) is 0.213. The molecule has 3 heterocycles. The van der Waals surface area contributed by atoms with Crippen molar-refractivity contribution in [1.82, 2.24) is 31.1 Å². The number of ether oxygens (including phenoxy) is 1. The third kappa shape index (κ3) is 6.82. The molecular weight excluding hydrogens is 488 g/mol. The number of rotatable bonds is 8. The van der Waals surface area contributed by atoms with E-state index in [1.165, 1.54) is 5.56 Å². The van der Waals surface area contributed by atoms with Gasteiger partial charge in [0, 0.05) is 24.9 Å². The van der Waals surface area contributed by atoms with E-state index in [2.05, 4.69) is 47.4 Å². The number of hydrogen-bond acceptors (Lipinski definition) is 10. The number of carbonyl (C=O) groups is 1. The predicted molar refractivity (Wildman–Crippen MR) is 146 cm³/mol. The molecule has 0 spiro atoms. The number of aliphatic hydroxyl groups excluding tert-OH is 2. The summed E-state index contributed by atoms with van der Waals surface area (Å²) in [5.41, 5.74) is 8.18. The molecule has 0 radical (unpaired) electrons. The summed E-state index contributed by atoms with van der Waals surface area (Å²) in [6.45, 7) is 10.6. The Bertz CT molecular complexity index is 929. The highest BCUT2D eigenvalue weighted by Gasteiger charge is 2.51. The van der Waals surface area contributed by atoms with E-state index in [0.717, 1.165) is 12.1 Å². The lowest BCUT2D eigenvalue weighted by Gasteiger charge is -2.38. The molecule has 8 atom stereocenters. The van der Waals surface area contributed by atoms with Crippen LogP contribution in [0.3, 0.4) is 0 Å². The molecule has 1 aromatic rings. The van der Waals surface area contributed by atoms with Crippen LogP contribution >= 0.6 is 0 Å². The summed E-state index contributed by atoms with van der Waals surface area (Å²) >= 11 is 0. The molecule has 4 rings (SSSR count). The summed E-state index contributed by atoms with van der Waals surface area (Å²) in [5, 5.41) is 37.2. The number of urea groups is 1. The number of amides is 2. The largest absolute Gasteiger partial charge is 0.387 e. The van der Waals surface area contributed by atoms with Gasteiger partial charge in [-0.15, -0.1) is 0 Å². The van der Waals surface area contributed by atoms with Crippen LogP contribution in [0.4, 0.5) is 10.5 Å². The molecule has 3 aliphatic rings. The number of nitrogens with zero attached hydrogens (tertiary/aromatic N) is 2. The Morgan fingerprint density at radius 2 is 1.92 bits per heavy atom. The lowest BCUT2D eigenvalue weighted by molar-refractivity contribution is -0.106. The average molecular weight is 535 g/mol. The van der Waals surface area contributed by atoms with Crippen molar-refractivity contribution in [2.24, 2.45) is 5.73 Å². The molecule has 3 aliphatic heterocycles. The summed E-state index contributed by atoms with van der Waals surface area (Å²) in [6.07, 6.45) is -2.77. The highest BCUT2D eigenvalue weighted by atomic mass is 16.6. The fraction of sp³-hybridized carbons (Fsp3) is 0.731. The Morgan fingerprint density at radius 3 is 2.61 bits per heavy atom. The minimum Gasteiger partial charge on any atom is -0.387 e. The second-order valence-corrected chi connectivity index (χ2v) is 11.9. The molecule has 0 aliphatic carbocycles. The first-order chi connectivity index (χ1) is 17.9. The number of hydrogen-bond donors (Lipinski definition) is 8. The highest BCUT2D eigenvalue weighted by molar-refractivity contribution is 5.89. The van der Waals surface area contributed by atoms with Gasteiger partial charge in [0.15, 0.2) is 0 Å². The molecule has 0 aromatic heterocycles. The Morgan fingerprint density at radius 1 is 1.21 bits per heavy atom. The summed E-state index contributed by atoms with van der Waals surface area (Å²) in [4.78, 5) is 16.5. The zero-order chi connectivity index (χ0) is 27.6. The van der Waals surface area contributed by atoms with Gasteiger partial charge in [-0.3, -0.25) is 16.0 Å². The van der Waals surface area contributed by atoms with Gasteiger partial charge in [0.25, 0.3) is 0 Å². The minimum atomic E-state index is -1.02. The Kier molecular flexibility index (Phi) is 9.28. The Hall–Kier alpha value is -1.87.